The molecule has 1 aromatic carbocycles. The molecule has 1 atom stereocenters. The fourth-order valence-electron chi connectivity index (χ4n) is 2.29. The molecule has 0 aliphatic rings. The third kappa shape index (κ3) is 2.97. The van der Waals surface area contributed by atoms with Gasteiger partial charge in [-0.15, -0.1) is 0 Å². The van der Waals surface area contributed by atoms with E-state index in [9.17, 15) is 4.79 Å². The number of hydrogen-bond donors (Lipinski definition) is 3. The van der Waals surface area contributed by atoms with Gasteiger partial charge in [-0.05, 0) is 25.0 Å². The first-order valence-corrected chi connectivity index (χ1v) is 6.81. The van der Waals surface area contributed by atoms with Gasteiger partial charge in [-0.25, -0.2) is 10.5 Å². The zero-order chi connectivity index (χ0) is 14.5. The van der Waals surface area contributed by atoms with E-state index in [1.165, 1.54) is 0 Å². The highest BCUT2D eigenvalue weighted by molar-refractivity contribution is 5.80. The molecule has 20 heavy (non-hydrogen) atoms. The molecule has 0 radical (unpaired) electrons. The zero-order valence-corrected chi connectivity index (χ0v) is 11.5. The van der Waals surface area contributed by atoms with Crippen LogP contribution in [0.3, 0.4) is 0 Å². The summed E-state index contributed by atoms with van der Waals surface area (Å²) >= 11 is 0. The molecule has 6 nitrogen and oxygen atoms in total. The van der Waals surface area contributed by atoms with Crippen molar-refractivity contribution in [3.05, 3.63) is 30.1 Å². The summed E-state index contributed by atoms with van der Waals surface area (Å²) in [6, 6.07) is 7.24. The SMILES string of the molecule is CCCn1c(CCC(N)C(=O)NO)nc2ccccc21. The molecule has 0 saturated carbocycles. The van der Waals surface area contributed by atoms with Crippen molar-refractivity contribution in [1.82, 2.24) is 15.0 Å². The third-order valence-electron chi connectivity index (χ3n) is 3.31. The number of amides is 1. The van der Waals surface area contributed by atoms with Crippen LogP contribution in [0.4, 0.5) is 0 Å². The molecule has 0 bridgehead atoms. The summed E-state index contributed by atoms with van der Waals surface area (Å²) in [7, 11) is 0. The monoisotopic (exact) mass is 276 g/mol. The molecule has 108 valence electrons. The van der Waals surface area contributed by atoms with Crippen LogP contribution in [-0.4, -0.2) is 26.7 Å². The number of aryl methyl sites for hydroxylation is 2. The van der Waals surface area contributed by atoms with Gasteiger partial charge in [0.1, 0.15) is 5.82 Å². The van der Waals surface area contributed by atoms with Crippen LogP contribution in [-0.2, 0) is 17.8 Å². The van der Waals surface area contributed by atoms with Crippen LogP contribution in [0, 0.1) is 0 Å². The topological polar surface area (TPSA) is 93.2 Å². The molecule has 2 aromatic rings. The van der Waals surface area contributed by atoms with Gasteiger partial charge >= 0.3 is 0 Å². The van der Waals surface area contributed by atoms with Crippen LogP contribution in [0.1, 0.15) is 25.6 Å². The van der Waals surface area contributed by atoms with Crippen LogP contribution in [0.2, 0.25) is 0 Å². The lowest BCUT2D eigenvalue weighted by Crippen LogP contribution is -2.39. The molecule has 0 fully saturated rings. The maximum Gasteiger partial charge on any atom is 0.260 e. The summed E-state index contributed by atoms with van der Waals surface area (Å²) in [5.41, 5.74) is 9.32. The number of aromatic nitrogens is 2. The van der Waals surface area contributed by atoms with Gasteiger partial charge in [-0.1, -0.05) is 19.1 Å². The maximum absolute atomic E-state index is 11.2. The maximum atomic E-state index is 11.2. The number of nitrogens with two attached hydrogens (primary N) is 1. The van der Waals surface area contributed by atoms with Gasteiger partial charge in [0.15, 0.2) is 0 Å². The number of nitrogens with one attached hydrogen (secondary N) is 1. The zero-order valence-electron chi connectivity index (χ0n) is 11.5. The van der Waals surface area contributed by atoms with Gasteiger partial charge in [0, 0.05) is 13.0 Å². The van der Waals surface area contributed by atoms with E-state index in [0.717, 1.165) is 29.8 Å². The average molecular weight is 276 g/mol. The minimum Gasteiger partial charge on any atom is -0.328 e. The Kier molecular flexibility index (Phi) is 4.70. The van der Waals surface area contributed by atoms with Crippen molar-refractivity contribution in [1.29, 1.82) is 0 Å². The van der Waals surface area contributed by atoms with Crippen molar-refractivity contribution in [2.24, 2.45) is 5.73 Å². The largest absolute Gasteiger partial charge is 0.328 e. The molecule has 4 N–H and O–H groups in total. The second-order valence-corrected chi connectivity index (χ2v) is 4.79. The number of para-hydroxylation sites is 2. The lowest BCUT2D eigenvalue weighted by Gasteiger charge is -2.10. The van der Waals surface area contributed by atoms with Gasteiger partial charge in [0.05, 0.1) is 17.1 Å². The van der Waals surface area contributed by atoms with Crippen LogP contribution in [0.5, 0.6) is 0 Å². The first-order valence-electron chi connectivity index (χ1n) is 6.81. The van der Waals surface area contributed by atoms with Gasteiger partial charge in [0.2, 0.25) is 0 Å². The van der Waals surface area contributed by atoms with Crippen LogP contribution in [0.25, 0.3) is 11.0 Å². The summed E-state index contributed by atoms with van der Waals surface area (Å²) in [6.07, 6.45) is 2.05. The van der Waals surface area contributed by atoms with Gasteiger partial charge in [-0.2, -0.15) is 0 Å². The van der Waals surface area contributed by atoms with Crippen molar-refractivity contribution >= 4 is 16.9 Å². The normalized spacial score (nSPS) is 12.6. The van der Waals surface area contributed by atoms with E-state index < -0.39 is 11.9 Å². The van der Waals surface area contributed by atoms with Gasteiger partial charge in [-0.3, -0.25) is 10.0 Å². The number of hydrogen-bond acceptors (Lipinski definition) is 4. The Morgan fingerprint density at radius 3 is 2.95 bits per heavy atom. The third-order valence-corrected chi connectivity index (χ3v) is 3.31. The second kappa shape index (κ2) is 6.49. The average Bonchev–Trinajstić information content (AvgIpc) is 2.82. The van der Waals surface area contributed by atoms with Crippen molar-refractivity contribution < 1.29 is 10.0 Å². The van der Waals surface area contributed by atoms with E-state index in [-0.39, 0.29) is 0 Å². The summed E-state index contributed by atoms with van der Waals surface area (Å²) in [4.78, 5) is 15.8. The molecular formula is C14H20N4O2. The molecule has 6 heteroatoms. The molecule has 0 aliphatic heterocycles. The van der Waals surface area contributed by atoms with E-state index >= 15 is 0 Å². The number of carbonyl (C=O) groups is 1. The second-order valence-electron chi connectivity index (χ2n) is 4.79. The molecule has 1 aromatic heterocycles. The fraction of sp³-hybridized carbons (Fsp3) is 0.429. The van der Waals surface area contributed by atoms with Crippen LogP contribution < -0.4 is 11.2 Å². The quantitative estimate of drug-likeness (QED) is 0.546. The Bertz CT molecular complexity index is 594. The summed E-state index contributed by atoms with van der Waals surface area (Å²) in [5.74, 6) is 0.359. The minimum absolute atomic E-state index is 0.444. The molecule has 2 rings (SSSR count). The van der Waals surface area contributed by atoms with Crippen molar-refractivity contribution in [2.45, 2.75) is 38.8 Å². The summed E-state index contributed by atoms with van der Waals surface area (Å²) in [6.45, 7) is 3.00. The number of carbonyl (C=O) groups excluding carboxylic acids is 1. The number of rotatable bonds is 6. The highest BCUT2D eigenvalue weighted by Gasteiger charge is 2.15. The first-order chi connectivity index (χ1) is 9.67. The molecule has 1 unspecified atom stereocenters. The predicted molar refractivity (Wildman–Crippen MR) is 76.2 cm³/mol. The fourth-order valence-corrected chi connectivity index (χ4v) is 2.29. The summed E-state index contributed by atoms with van der Waals surface area (Å²) < 4.78 is 2.17. The van der Waals surface area contributed by atoms with Crippen LogP contribution >= 0.6 is 0 Å². The number of hydroxylamine groups is 1. The molecule has 0 spiro atoms. The van der Waals surface area contributed by atoms with E-state index in [1.807, 2.05) is 24.3 Å². The standard InChI is InChI=1S/C14H20N4O2/c1-2-9-18-12-6-4-3-5-11(12)16-13(18)8-7-10(15)14(19)17-20/h3-6,10,20H,2,7-9,15H2,1H3,(H,17,19). The Morgan fingerprint density at radius 1 is 1.50 bits per heavy atom. The lowest BCUT2D eigenvalue weighted by molar-refractivity contribution is -0.130. The highest BCUT2D eigenvalue weighted by atomic mass is 16.5. The van der Waals surface area contributed by atoms with E-state index in [4.69, 9.17) is 10.9 Å². The number of fused-ring (bicyclic) bond motifs is 1. The number of nitrogens with zero attached hydrogens (tertiary/aromatic N) is 2. The number of imidazole rings is 1. The molecule has 1 amide bonds. The minimum atomic E-state index is -0.727. The molecular weight excluding hydrogens is 256 g/mol. The van der Waals surface area contributed by atoms with Crippen molar-refractivity contribution in [2.75, 3.05) is 0 Å². The van der Waals surface area contributed by atoms with E-state index in [2.05, 4.69) is 16.5 Å². The molecule has 0 saturated heterocycles. The van der Waals surface area contributed by atoms with Crippen molar-refractivity contribution in [3.8, 4) is 0 Å². The Morgan fingerprint density at radius 2 is 2.25 bits per heavy atom. The van der Waals surface area contributed by atoms with Gasteiger partial charge in [0.25, 0.3) is 5.91 Å². The molecule has 1 heterocycles. The Labute approximate surface area is 117 Å². The Hall–Kier alpha value is -1.92. The smallest absolute Gasteiger partial charge is 0.260 e. The summed E-state index contributed by atoms with van der Waals surface area (Å²) in [5, 5.41) is 8.56. The van der Waals surface area contributed by atoms with E-state index in [0.29, 0.717) is 12.8 Å². The number of benzene rings is 1. The van der Waals surface area contributed by atoms with Crippen LogP contribution in [0.15, 0.2) is 24.3 Å². The van der Waals surface area contributed by atoms with Gasteiger partial charge < -0.3 is 10.3 Å². The highest BCUT2D eigenvalue weighted by Crippen LogP contribution is 2.17. The predicted octanol–water partition coefficient (Wildman–Crippen LogP) is 1.21. The Balaban J connectivity index is 2.20. The van der Waals surface area contributed by atoms with E-state index in [1.54, 1.807) is 5.48 Å². The van der Waals surface area contributed by atoms with Crippen molar-refractivity contribution in [3.63, 3.8) is 0 Å². The first kappa shape index (κ1) is 14.5. The lowest BCUT2D eigenvalue weighted by atomic mass is 10.1. The molecule has 0 aliphatic carbocycles.